The lowest BCUT2D eigenvalue weighted by Gasteiger charge is -2.11. The molecule has 2 rings (SSSR count). The maximum Gasteiger partial charge on any atom is 0.123 e. The standard InChI is InChI=1S/C15H16FN/c1-11(2)15-7-8-17-10-13(15)9-12-3-5-14(16)6-4-12/h3-8,10-11H,9H2,1-2H3. The predicted molar refractivity (Wildman–Crippen MR) is 67.5 cm³/mol. The highest BCUT2D eigenvalue weighted by molar-refractivity contribution is 5.32. The van der Waals surface area contributed by atoms with Gasteiger partial charge in [-0.15, -0.1) is 0 Å². The van der Waals surface area contributed by atoms with E-state index in [1.54, 1.807) is 0 Å². The Kier molecular flexibility index (Phi) is 3.52. The van der Waals surface area contributed by atoms with Crippen LogP contribution in [-0.4, -0.2) is 4.98 Å². The lowest BCUT2D eigenvalue weighted by atomic mass is 9.95. The molecule has 0 N–H and O–H groups in total. The molecule has 0 fully saturated rings. The van der Waals surface area contributed by atoms with Crippen molar-refractivity contribution in [3.05, 3.63) is 65.2 Å². The normalized spacial score (nSPS) is 10.8. The van der Waals surface area contributed by atoms with Crippen LogP contribution in [0.4, 0.5) is 4.39 Å². The fourth-order valence-corrected chi connectivity index (χ4v) is 1.97. The first-order valence-corrected chi connectivity index (χ1v) is 5.84. The molecule has 0 bridgehead atoms. The predicted octanol–water partition coefficient (Wildman–Crippen LogP) is 3.93. The number of pyridine rings is 1. The number of aromatic nitrogens is 1. The zero-order valence-corrected chi connectivity index (χ0v) is 10.2. The van der Waals surface area contributed by atoms with Crippen LogP contribution in [0.5, 0.6) is 0 Å². The zero-order chi connectivity index (χ0) is 12.3. The van der Waals surface area contributed by atoms with Crippen LogP contribution in [0.15, 0.2) is 42.7 Å². The summed E-state index contributed by atoms with van der Waals surface area (Å²) in [5, 5.41) is 0. The third kappa shape index (κ3) is 2.90. The summed E-state index contributed by atoms with van der Waals surface area (Å²) in [7, 11) is 0. The molecule has 1 aromatic heterocycles. The first kappa shape index (κ1) is 11.8. The second-order valence-electron chi connectivity index (χ2n) is 4.53. The number of rotatable bonds is 3. The van der Waals surface area contributed by atoms with Gasteiger partial charge in [0.1, 0.15) is 5.82 Å². The second-order valence-corrected chi connectivity index (χ2v) is 4.53. The van der Waals surface area contributed by atoms with Gasteiger partial charge in [0.05, 0.1) is 0 Å². The molecule has 17 heavy (non-hydrogen) atoms. The summed E-state index contributed by atoms with van der Waals surface area (Å²) >= 11 is 0. The molecule has 2 heteroatoms. The van der Waals surface area contributed by atoms with Gasteiger partial charge in [0.15, 0.2) is 0 Å². The smallest absolute Gasteiger partial charge is 0.123 e. The van der Waals surface area contributed by atoms with E-state index in [4.69, 9.17) is 0 Å². The molecule has 0 atom stereocenters. The van der Waals surface area contributed by atoms with Gasteiger partial charge in [0.2, 0.25) is 0 Å². The van der Waals surface area contributed by atoms with Gasteiger partial charge in [-0.1, -0.05) is 26.0 Å². The van der Waals surface area contributed by atoms with E-state index in [1.165, 1.54) is 23.3 Å². The summed E-state index contributed by atoms with van der Waals surface area (Å²) in [5.74, 6) is 0.289. The highest BCUT2D eigenvalue weighted by atomic mass is 19.1. The molecule has 1 nitrogen and oxygen atoms in total. The quantitative estimate of drug-likeness (QED) is 0.777. The molecule has 88 valence electrons. The van der Waals surface area contributed by atoms with E-state index in [-0.39, 0.29) is 5.82 Å². The molecule has 0 aliphatic rings. The fraction of sp³-hybridized carbons (Fsp3) is 0.267. The molecule has 1 aromatic carbocycles. The Labute approximate surface area is 101 Å². The number of halogens is 1. The molecule has 0 aliphatic carbocycles. The summed E-state index contributed by atoms with van der Waals surface area (Å²) in [6.45, 7) is 4.34. The van der Waals surface area contributed by atoms with Crippen LogP contribution in [0.25, 0.3) is 0 Å². The van der Waals surface area contributed by atoms with Crippen LogP contribution in [0.1, 0.15) is 36.5 Å². The number of nitrogens with zero attached hydrogens (tertiary/aromatic N) is 1. The van der Waals surface area contributed by atoms with Crippen LogP contribution in [0.2, 0.25) is 0 Å². The average Bonchev–Trinajstić information content (AvgIpc) is 2.32. The van der Waals surface area contributed by atoms with E-state index in [1.807, 2.05) is 24.5 Å². The fourth-order valence-electron chi connectivity index (χ4n) is 1.97. The SMILES string of the molecule is CC(C)c1ccncc1Cc1ccc(F)cc1. The molecule has 0 saturated carbocycles. The van der Waals surface area contributed by atoms with E-state index in [9.17, 15) is 4.39 Å². The second kappa shape index (κ2) is 5.09. The Bertz CT molecular complexity index is 489. The highest BCUT2D eigenvalue weighted by Gasteiger charge is 2.07. The van der Waals surface area contributed by atoms with E-state index in [0.29, 0.717) is 5.92 Å². The average molecular weight is 229 g/mol. The first-order valence-electron chi connectivity index (χ1n) is 5.84. The molecule has 2 aromatic rings. The van der Waals surface area contributed by atoms with Gasteiger partial charge in [0.25, 0.3) is 0 Å². The van der Waals surface area contributed by atoms with Crippen molar-refractivity contribution in [3.8, 4) is 0 Å². The summed E-state index contributed by atoms with van der Waals surface area (Å²) < 4.78 is 12.8. The van der Waals surface area contributed by atoms with Crippen molar-refractivity contribution < 1.29 is 4.39 Å². The first-order chi connectivity index (χ1) is 8.16. The Balaban J connectivity index is 2.26. The van der Waals surface area contributed by atoms with E-state index >= 15 is 0 Å². The molecule has 0 aliphatic heterocycles. The van der Waals surface area contributed by atoms with Gasteiger partial charge in [-0.05, 0) is 47.2 Å². The number of hydrogen-bond donors (Lipinski definition) is 0. The van der Waals surface area contributed by atoms with Crippen LogP contribution in [-0.2, 0) is 6.42 Å². The van der Waals surface area contributed by atoms with E-state index in [2.05, 4.69) is 24.9 Å². The van der Waals surface area contributed by atoms with Gasteiger partial charge in [-0.25, -0.2) is 4.39 Å². The summed E-state index contributed by atoms with van der Waals surface area (Å²) in [6.07, 6.45) is 4.53. The minimum absolute atomic E-state index is 0.191. The van der Waals surface area contributed by atoms with E-state index < -0.39 is 0 Å². The maximum atomic E-state index is 12.8. The van der Waals surface area contributed by atoms with Crippen LogP contribution >= 0.6 is 0 Å². The molecule has 0 unspecified atom stereocenters. The molecular formula is C15H16FN. The lowest BCUT2D eigenvalue weighted by Crippen LogP contribution is -1.98. The largest absolute Gasteiger partial charge is 0.264 e. The van der Waals surface area contributed by atoms with E-state index in [0.717, 1.165) is 12.0 Å². The summed E-state index contributed by atoms with van der Waals surface area (Å²) in [6, 6.07) is 8.71. The van der Waals surface area contributed by atoms with Crippen molar-refractivity contribution in [2.75, 3.05) is 0 Å². The molecule has 0 spiro atoms. The molecular weight excluding hydrogens is 213 g/mol. The van der Waals surface area contributed by atoms with Crippen molar-refractivity contribution in [2.45, 2.75) is 26.2 Å². The Morgan fingerprint density at radius 1 is 1.12 bits per heavy atom. The number of hydrogen-bond acceptors (Lipinski definition) is 1. The van der Waals surface area contributed by atoms with Crippen LogP contribution in [0.3, 0.4) is 0 Å². The van der Waals surface area contributed by atoms with Crippen molar-refractivity contribution >= 4 is 0 Å². The zero-order valence-electron chi connectivity index (χ0n) is 10.2. The Morgan fingerprint density at radius 2 is 1.82 bits per heavy atom. The van der Waals surface area contributed by atoms with Crippen molar-refractivity contribution in [3.63, 3.8) is 0 Å². The highest BCUT2D eigenvalue weighted by Crippen LogP contribution is 2.21. The Morgan fingerprint density at radius 3 is 2.47 bits per heavy atom. The van der Waals surface area contributed by atoms with Crippen molar-refractivity contribution in [2.24, 2.45) is 0 Å². The van der Waals surface area contributed by atoms with Crippen molar-refractivity contribution in [1.29, 1.82) is 0 Å². The minimum atomic E-state index is -0.191. The van der Waals surface area contributed by atoms with Gasteiger partial charge < -0.3 is 0 Å². The van der Waals surface area contributed by atoms with Gasteiger partial charge in [-0.2, -0.15) is 0 Å². The van der Waals surface area contributed by atoms with Gasteiger partial charge in [-0.3, -0.25) is 4.98 Å². The molecule has 0 saturated heterocycles. The molecule has 0 radical (unpaired) electrons. The number of benzene rings is 1. The van der Waals surface area contributed by atoms with Crippen molar-refractivity contribution in [1.82, 2.24) is 4.98 Å². The monoisotopic (exact) mass is 229 g/mol. The summed E-state index contributed by atoms with van der Waals surface area (Å²) in [5.41, 5.74) is 3.64. The van der Waals surface area contributed by atoms with Crippen LogP contribution < -0.4 is 0 Å². The maximum absolute atomic E-state index is 12.8. The lowest BCUT2D eigenvalue weighted by molar-refractivity contribution is 0.627. The minimum Gasteiger partial charge on any atom is -0.264 e. The topological polar surface area (TPSA) is 12.9 Å². The molecule has 1 heterocycles. The van der Waals surface area contributed by atoms with Crippen LogP contribution in [0, 0.1) is 5.82 Å². The van der Waals surface area contributed by atoms with Gasteiger partial charge >= 0.3 is 0 Å². The van der Waals surface area contributed by atoms with Gasteiger partial charge in [0, 0.05) is 12.4 Å². The molecule has 0 amide bonds. The Hall–Kier alpha value is -1.70. The third-order valence-corrected chi connectivity index (χ3v) is 2.87. The summed E-state index contributed by atoms with van der Waals surface area (Å²) in [4.78, 5) is 4.17. The third-order valence-electron chi connectivity index (χ3n) is 2.87.